The lowest BCUT2D eigenvalue weighted by Gasteiger charge is -2.20. The summed E-state index contributed by atoms with van der Waals surface area (Å²) in [6, 6.07) is 0. The molecule has 0 spiro atoms. The number of hydrogen-bond acceptors (Lipinski definition) is 8. The molecule has 0 fully saturated rings. The lowest BCUT2D eigenvalue weighted by molar-refractivity contribution is -0.154. The molecule has 0 heterocycles. The van der Waals surface area contributed by atoms with Crippen molar-refractivity contribution in [2.24, 2.45) is 0 Å². The third-order valence-corrected chi connectivity index (χ3v) is 12.0. The van der Waals surface area contributed by atoms with Crippen LogP contribution in [0.1, 0.15) is 239 Å². The van der Waals surface area contributed by atoms with Gasteiger partial charge in [0.1, 0.15) is 12.2 Å². The van der Waals surface area contributed by atoms with Crippen molar-refractivity contribution in [2.75, 3.05) is 33.0 Å². The number of esters is 1. The van der Waals surface area contributed by atoms with E-state index < -0.39 is 33.2 Å². The van der Waals surface area contributed by atoms with Gasteiger partial charge >= 0.3 is 13.8 Å². The molecule has 0 rings (SSSR count). The maximum atomic E-state index is 12.7. The van der Waals surface area contributed by atoms with E-state index >= 15 is 0 Å². The molecule has 0 radical (unpaired) electrons. The largest absolute Gasteiger partial charge is 0.472 e. The van der Waals surface area contributed by atoms with E-state index in [1.165, 1.54) is 161 Å². The second-order valence-electron chi connectivity index (χ2n) is 17.2. The maximum absolute atomic E-state index is 12.7. The van der Waals surface area contributed by atoms with Crippen LogP contribution < -0.4 is 0 Å². The molecule has 9 nitrogen and oxygen atoms in total. The summed E-state index contributed by atoms with van der Waals surface area (Å²) in [4.78, 5) is 22.7. The van der Waals surface area contributed by atoms with Crippen LogP contribution in [0, 0.1) is 0 Å². The molecule has 0 saturated heterocycles. The number of allylic oxidation sites excluding steroid dienone is 6. The standard InChI is InChI=1S/C51H97O9P/c1-3-5-7-9-11-13-15-17-19-21-23-24-25-26-28-30-32-34-36-38-40-42-44-57-47-50(48-59-61(55,56)58-46-49(53)45-52)60-51(54)43-41-39-37-35-33-31-29-27-22-20-18-16-14-12-10-8-6-4-2/h14,16,20-23,49-50,52-53H,3-13,15,17-19,24-48H2,1-2H3,(H,55,56)/b16-14-,22-20-,23-21-. The van der Waals surface area contributed by atoms with Gasteiger partial charge in [0.25, 0.3) is 0 Å². The quantitative estimate of drug-likeness (QED) is 0.0236. The van der Waals surface area contributed by atoms with Crippen molar-refractivity contribution < 1.29 is 43.0 Å². The van der Waals surface area contributed by atoms with Gasteiger partial charge in [-0.15, -0.1) is 0 Å². The van der Waals surface area contributed by atoms with Gasteiger partial charge in [0, 0.05) is 13.0 Å². The summed E-state index contributed by atoms with van der Waals surface area (Å²) in [5, 5.41) is 18.4. The lowest BCUT2D eigenvalue weighted by Crippen LogP contribution is -2.29. The Hall–Kier alpha value is -1.32. The molecule has 10 heteroatoms. The number of rotatable bonds is 49. The Morgan fingerprint density at radius 3 is 1.34 bits per heavy atom. The Bertz CT molecular complexity index is 1050. The van der Waals surface area contributed by atoms with Crippen molar-refractivity contribution in [1.29, 1.82) is 0 Å². The van der Waals surface area contributed by atoms with Crippen molar-refractivity contribution in [3.05, 3.63) is 36.5 Å². The summed E-state index contributed by atoms with van der Waals surface area (Å²) < 4.78 is 33.5. The Morgan fingerprint density at radius 1 is 0.508 bits per heavy atom. The summed E-state index contributed by atoms with van der Waals surface area (Å²) in [5.74, 6) is -0.388. The highest BCUT2D eigenvalue weighted by Crippen LogP contribution is 2.43. The molecular formula is C51H97O9P. The minimum Gasteiger partial charge on any atom is -0.457 e. The number of aliphatic hydroxyl groups is 2. The molecule has 3 N–H and O–H groups in total. The van der Waals surface area contributed by atoms with Crippen LogP contribution in [0.3, 0.4) is 0 Å². The van der Waals surface area contributed by atoms with Gasteiger partial charge in [-0.25, -0.2) is 4.57 Å². The van der Waals surface area contributed by atoms with Gasteiger partial charge in [-0.05, 0) is 70.6 Å². The first-order chi connectivity index (χ1) is 29.8. The van der Waals surface area contributed by atoms with Gasteiger partial charge in [0.15, 0.2) is 0 Å². The first-order valence-corrected chi connectivity index (χ1v) is 27.0. The van der Waals surface area contributed by atoms with Crippen molar-refractivity contribution >= 4 is 13.8 Å². The van der Waals surface area contributed by atoms with Crippen LogP contribution in [0.4, 0.5) is 0 Å². The topological polar surface area (TPSA) is 132 Å². The number of unbranched alkanes of at least 4 members (excludes halogenated alkanes) is 29. The summed E-state index contributed by atoms with van der Waals surface area (Å²) in [6.45, 7) is 3.53. The van der Waals surface area contributed by atoms with Gasteiger partial charge in [0.05, 0.1) is 26.4 Å². The highest BCUT2D eigenvalue weighted by molar-refractivity contribution is 7.47. The molecule has 0 aliphatic heterocycles. The second-order valence-corrected chi connectivity index (χ2v) is 18.6. The van der Waals surface area contributed by atoms with Crippen LogP contribution in [-0.4, -0.2) is 66.3 Å². The maximum Gasteiger partial charge on any atom is 0.472 e. The fourth-order valence-electron chi connectivity index (χ4n) is 7.15. The monoisotopic (exact) mass is 885 g/mol. The average molecular weight is 885 g/mol. The first-order valence-electron chi connectivity index (χ1n) is 25.5. The molecule has 3 unspecified atom stereocenters. The number of carbonyl (C=O) groups excluding carboxylic acids is 1. The van der Waals surface area contributed by atoms with Crippen molar-refractivity contribution in [1.82, 2.24) is 0 Å². The summed E-state index contributed by atoms with van der Waals surface area (Å²) in [6.07, 6.45) is 53.9. The Labute approximate surface area is 375 Å². The summed E-state index contributed by atoms with van der Waals surface area (Å²) in [5.41, 5.74) is 0. The van der Waals surface area contributed by atoms with Crippen molar-refractivity contribution in [3.8, 4) is 0 Å². The molecular weight excluding hydrogens is 788 g/mol. The minimum absolute atomic E-state index is 0.0467. The van der Waals surface area contributed by atoms with Gasteiger partial charge in [-0.1, -0.05) is 198 Å². The van der Waals surface area contributed by atoms with E-state index in [2.05, 4.69) is 50.3 Å². The fourth-order valence-corrected chi connectivity index (χ4v) is 7.94. The van der Waals surface area contributed by atoms with Gasteiger partial charge in [-0.3, -0.25) is 13.8 Å². The average Bonchev–Trinajstić information content (AvgIpc) is 3.25. The molecule has 360 valence electrons. The number of phosphoric ester groups is 1. The summed E-state index contributed by atoms with van der Waals surface area (Å²) >= 11 is 0. The number of phosphoric acid groups is 1. The van der Waals surface area contributed by atoms with E-state index in [0.717, 1.165) is 57.8 Å². The minimum atomic E-state index is -4.52. The second kappa shape index (κ2) is 48.1. The fraction of sp³-hybridized carbons (Fsp3) is 0.863. The van der Waals surface area contributed by atoms with Gasteiger partial charge in [0.2, 0.25) is 0 Å². The highest BCUT2D eigenvalue weighted by Gasteiger charge is 2.26. The highest BCUT2D eigenvalue weighted by atomic mass is 31.2. The molecule has 0 amide bonds. The molecule has 0 saturated carbocycles. The zero-order valence-electron chi connectivity index (χ0n) is 39.6. The molecule has 0 aliphatic carbocycles. The van der Waals surface area contributed by atoms with Crippen molar-refractivity contribution in [2.45, 2.75) is 251 Å². The van der Waals surface area contributed by atoms with E-state index in [4.69, 9.17) is 23.6 Å². The smallest absolute Gasteiger partial charge is 0.457 e. The zero-order chi connectivity index (χ0) is 44.6. The van der Waals surface area contributed by atoms with E-state index in [0.29, 0.717) is 6.61 Å². The predicted molar refractivity (Wildman–Crippen MR) is 256 cm³/mol. The molecule has 3 atom stereocenters. The van der Waals surface area contributed by atoms with E-state index in [-0.39, 0.29) is 25.6 Å². The first kappa shape index (κ1) is 59.7. The normalized spacial score (nSPS) is 14.1. The Balaban J connectivity index is 4.07. The Morgan fingerprint density at radius 2 is 0.885 bits per heavy atom. The number of hydrogen-bond donors (Lipinski definition) is 3. The van der Waals surface area contributed by atoms with Gasteiger partial charge < -0.3 is 24.6 Å². The summed E-state index contributed by atoms with van der Waals surface area (Å²) in [7, 11) is -4.52. The third kappa shape index (κ3) is 48.0. The molecule has 0 aliphatic rings. The third-order valence-electron chi connectivity index (χ3n) is 11.0. The molecule has 61 heavy (non-hydrogen) atoms. The van der Waals surface area contributed by atoms with E-state index in [1.54, 1.807) is 0 Å². The lowest BCUT2D eigenvalue weighted by atomic mass is 10.1. The van der Waals surface area contributed by atoms with Crippen LogP contribution in [0.5, 0.6) is 0 Å². The van der Waals surface area contributed by atoms with Crippen LogP contribution in [0.25, 0.3) is 0 Å². The number of carbonyl (C=O) groups is 1. The Kier molecular flexibility index (Phi) is 47.1. The zero-order valence-corrected chi connectivity index (χ0v) is 40.5. The molecule has 0 aromatic rings. The van der Waals surface area contributed by atoms with E-state index in [9.17, 15) is 19.4 Å². The van der Waals surface area contributed by atoms with E-state index in [1.807, 2.05) is 0 Å². The number of ether oxygens (including phenoxy) is 2. The van der Waals surface area contributed by atoms with Crippen molar-refractivity contribution in [3.63, 3.8) is 0 Å². The molecule has 0 aromatic heterocycles. The van der Waals surface area contributed by atoms with Crippen LogP contribution >= 0.6 is 7.82 Å². The van der Waals surface area contributed by atoms with Crippen LogP contribution in [0.2, 0.25) is 0 Å². The molecule has 0 aromatic carbocycles. The van der Waals surface area contributed by atoms with Crippen LogP contribution in [0.15, 0.2) is 36.5 Å². The number of aliphatic hydroxyl groups excluding tert-OH is 2. The predicted octanol–water partition coefficient (Wildman–Crippen LogP) is 14.8. The SMILES string of the molecule is CCCCCC/C=C\C/C=C\CCCCCCCCCC(=O)OC(COCCCCCCCCCCCC/C=C\CCCCCCCCCC)COP(=O)(O)OCC(O)CO. The van der Waals surface area contributed by atoms with Crippen LogP contribution in [-0.2, 0) is 27.9 Å². The molecule has 0 bridgehead atoms. The van der Waals surface area contributed by atoms with Gasteiger partial charge in [-0.2, -0.15) is 0 Å².